The maximum Gasteiger partial charge on any atom is 0.509 e. The highest BCUT2D eigenvalue weighted by Gasteiger charge is 2.82. The molecule has 0 aromatic heterocycles. The molecule has 2 saturated heterocycles. The monoisotopic (exact) mass is 869 g/mol. The zero-order valence-corrected chi connectivity index (χ0v) is 37.1. The van der Waals surface area contributed by atoms with Gasteiger partial charge in [-0.1, -0.05) is 45.9 Å². The lowest BCUT2D eigenvalue weighted by Gasteiger charge is -2.68. The van der Waals surface area contributed by atoms with Crippen LogP contribution in [-0.2, 0) is 52.3 Å². The zero-order valence-electron chi connectivity index (χ0n) is 37.1. The molecule has 340 valence electrons. The Morgan fingerprint density at radius 3 is 2.18 bits per heavy atom. The molecule has 1 aromatic carbocycles. The van der Waals surface area contributed by atoms with Gasteiger partial charge in [0.1, 0.15) is 11.4 Å². The molecule has 3 aliphatic carbocycles. The lowest BCUT2D eigenvalue weighted by Crippen LogP contribution is -2.80. The molecule has 1 amide bonds. The number of Topliss-reactive ketones (excluding diaryl/α,β-unsaturated/α-hetero) is 2. The Bertz CT molecular complexity index is 2040. The summed E-state index contributed by atoms with van der Waals surface area (Å²) in [5.41, 5.74) is -8.11. The first kappa shape index (κ1) is 46.6. The smallest absolute Gasteiger partial charge is 0.454 e. The molecule has 0 unspecified atom stereocenters. The number of esters is 3. The van der Waals surface area contributed by atoms with Crippen molar-refractivity contribution in [2.75, 3.05) is 6.61 Å². The topological polar surface area (TPSA) is 237 Å². The van der Waals surface area contributed by atoms with Gasteiger partial charge in [0.2, 0.25) is 5.60 Å². The third-order valence-electron chi connectivity index (χ3n) is 13.4. The standard InChI is InChI=1S/C45H59NO16/c1-21(2)17-26(46-39(54)61-41(6,7)8)30(50)38(53)58-31-23(4)29-32(57-24(5)48)34(51)43(11)27(49)18-28-44(20-56-28,19-22(3)47)33(43)36(59-37(52)25-15-13-12-14-16-25)45(42(29,9)10)35(31)60-40(55)62-45/h12-16,21,26-28,30-33,35-36,49-50H,17-20H2,1-11H3,(H,46,54)/t26-,27-,28+,30+,31+,32+,33-,35-,36-,43+,44+,45+/m0/s1. The minimum absolute atomic E-state index is 0.00890. The maximum atomic E-state index is 15.6. The second kappa shape index (κ2) is 16.4. The van der Waals surface area contributed by atoms with E-state index in [0.29, 0.717) is 0 Å². The second-order valence-corrected chi connectivity index (χ2v) is 19.6. The van der Waals surface area contributed by atoms with E-state index in [-0.39, 0.29) is 54.3 Å². The molecule has 1 spiro atoms. The van der Waals surface area contributed by atoms with Gasteiger partial charge in [-0.05, 0) is 77.2 Å². The number of fused-ring (bicyclic) bond motifs is 4. The SMILES string of the molecule is CC(=O)C[C@@]12CO[C@@H]1C[C@H](O)[C@@]1(C)C(=O)[C@H](OC(C)=O)C3=C(C)[C@@H](OC(=O)[C@H](O)[C@H](CC(C)C)NC(=O)OC(C)(C)C)[C@@H]4OC(=O)O[C@]4([C@@H](OC(=O)c4ccccc4)[C@H]21)C3(C)C. The van der Waals surface area contributed by atoms with Crippen LogP contribution in [0.4, 0.5) is 9.59 Å². The molecular formula is C45H59NO16. The van der Waals surface area contributed by atoms with Crippen molar-refractivity contribution in [1.29, 1.82) is 0 Å². The van der Waals surface area contributed by atoms with Crippen LogP contribution in [-0.4, -0.2) is 119 Å². The zero-order chi connectivity index (χ0) is 46.1. The average Bonchev–Trinajstić information content (AvgIpc) is 3.52. The molecule has 17 heteroatoms. The number of benzene rings is 1. The van der Waals surface area contributed by atoms with Crippen LogP contribution in [0.25, 0.3) is 0 Å². The number of ketones is 2. The number of hydrogen-bond acceptors (Lipinski definition) is 16. The largest absolute Gasteiger partial charge is 0.509 e. The lowest BCUT2D eigenvalue weighted by molar-refractivity contribution is -0.319. The van der Waals surface area contributed by atoms with Crippen molar-refractivity contribution in [3.63, 3.8) is 0 Å². The summed E-state index contributed by atoms with van der Waals surface area (Å²) in [6.07, 6.45) is -13.9. The van der Waals surface area contributed by atoms with Gasteiger partial charge in [-0.25, -0.2) is 19.2 Å². The molecule has 5 aliphatic rings. The molecule has 2 heterocycles. The third-order valence-corrected chi connectivity index (χ3v) is 13.4. The highest BCUT2D eigenvalue weighted by Crippen LogP contribution is 2.69. The summed E-state index contributed by atoms with van der Waals surface area (Å²) in [6.45, 7) is 16.9. The van der Waals surface area contributed by atoms with Crippen molar-refractivity contribution in [2.45, 2.75) is 155 Å². The number of ether oxygens (including phenoxy) is 7. The molecule has 2 aliphatic heterocycles. The summed E-state index contributed by atoms with van der Waals surface area (Å²) < 4.78 is 42.4. The Morgan fingerprint density at radius 2 is 1.63 bits per heavy atom. The predicted molar refractivity (Wildman–Crippen MR) is 215 cm³/mol. The fraction of sp³-hybridized carbons (Fsp3) is 0.667. The van der Waals surface area contributed by atoms with Crippen LogP contribution in [0.15, 0.2) is 41.5 Å². The van der Waals surface area contributed by atoms with Gasteiger partial charge < -0.3 is 53.5 Å². The number of aliphatic hydroxyl groups excluding tert-OH is 2. The van der Waals surface area contributed by atoms with Crippen molar-refractivity contribution in [3.05, 3.63) is 47.0 Å². The average molecular weight is 870 g/mol. The van der Waals surface area contributed by atoms with E-state index in [1.54, 1.807) is 52.8 Å². The maximum absolute atomic E-state index is 15.6. The molecule has 17 nitrogen and oxygen atoms in total. The highest BCUT2D eigenvalue weighted by molar-refractivity contribution is 5.96. The number of hydrogen-bond donors (Lipinski definition) is 3. The summed E-state index contributed by atoms with van der Waals surface area (Å²) >= 11 is 0. The molecule has 1 aromatic rings. The number of rotatable bonds is 11. The molecule has 12 atom stereocenters. The van der Waals surface area contributed by atoms with Gasteiger partial charge in [-0.15, -0.1) is 0 Å². The summed E-state index contributed by atoms with van der Waals surface area (Å²) in [5, 5.41) is 26.4. The number of amides is 1. The summed E-state index contributed by atoms with van der Waals surface area (Å²) in [7, 11) is 0. The lowest BCUT2D eigenvalue weighted by atomic mass is 9.41. The molecular weight excluding hydrogens is 810 g/mol. The summed E-state index contributed by atoms with van der Waals surface area (Å²) in [4.78, 5) is 97.7. The summed E-state index contributed by atoms with van der Waals surface area (Å²) in [5.74, 6) is -5.81. The number of aliphatic hydroxyl groups is 2. The van der Waals surface area contributed by atoms with E-state index in [4.69, 9.17) is 33.2 Å². The highest BCUT2D eigenvalue weighted by atomic mass is 16.8. The quantitative estimate of drug-likeness (QED) is 0.160. The van der Waals surface area contributed by atoms with Gasteiger partial charge >= 0.3 is 30.2 Å². The van der Waals surface area contributed by atoms with Crippen molar-refractivity contribution >= 4 is 41.7 Å². The van der Waals surface area contributed by atoms with E-state index in [9.17, 15) is 39.0 Å². The van der Waals surface area contributed by atoms with E-state index < -0.39 is 118 Å². The first-order valence-corrected chi connectivity index (χ1v) is 21.0. The van der Waals surface area contributed by atoms with Gasteiger partial charge in [-0.2, -0.15) is 0 Å². The molecule has 0 radical (unpaired) electrons. The van der Waals surface area contributed by atoms with Crippen LogP contribution in [0.3, 0.4) is 0 Å². The molecule has 3 N–H and O–H groups in total. The Hall–Kier alpha value is -4.87. The normalized spacial score (nSPS) is 34.3. The Labute approximate surface area is 360 Å². The van der Waals surface area contributed by atoms with Crippen LogP contribution in [0.1, 0.15) is 106 Å². The van der Waals surface area contributed by atoms with Gasteiger partial charge in [-0.3, -0.25) is 9.59 Å². The van der Waals surface area contributed by atoms with Gasteiger partial charge in [0.25, 0.3) is 0 Å². The third kappa shape index (κ3) is 7.67. The van der Waals surface area contributed by atoms with Crippen molar-refractivity contribution < 1.29 is 76.9 Å². The van der Waals surface area contributed by atoms with Gasteiger partial charge in [0.05, 0.1) is 35.8 Å². The molecule has 2 bridgehead atoms. The number of carbonyl (C=O) groups is 7. The van der Waals surface area contributed by atoms with E-state index in [1.807, 2.05) is 13.8 Å². The second-order valence-electron chi connectivity index (χ2n) is 19.6. The number of alkyl carbamates (subject to hydrolysis) is 1. The fourth-order valence-electron chi connectivity index (χ4n) is 10.9. The Balaban J connectivity index is 1.61. The minimum Gasteiger partial charge on any atom is -0.454 e. The fourth-order valence-corrected chi connectivity index (χ4v) is 10.9. The van der Waals surface area contributed by atoms with Crippen LogP contribution in [0.5, 0.6) is 0 Å². The van der Waals surface area contributed by atoms with Gasteiger partial charge in [0.15, 0.2) is 36.3 Å². The van der Waals surface area contributed by atoms with Crippen LogP contribution >= 0.6 is 0 Å². The van der Waals surface area contributed by atoms with E-state index in [2.05, 4.69) is 5.32 Å². The predicted octanol–water partition coefficient (Wildman–Crippen LogP) is 4.32. The first-order chi connectivity index (χ1) is 28.7. The van der Waals surface area contributed by atoms with Crippen LogP contribution in [0, 0.1) is 28.1 Å². The molecule has 2 saturated carbocycles. The molecule has 62 heavy (non-hydrogen) atoms. The first-order valence-electron chi connectivity index (χ1n) is 21.0. The van der Waals surface area contributed by atoms with Gasteiger partial charge in [0, 0.05) is 36.5 Å². The van der Waals surface area contributed by atoms with E-state index in [1.165, 1.54) is 32.9 Å². The van der Waals surface area contributed by atoms with Crippen molar-refractivity contribution in [2.24, 2.45) is 28.1 Å². The minimum atomic E-state index is -2.28. The Kier molecular flexibility index (Phi) is 12.3. The van der Waals surface area contributed by atoms with Crippen LogP contribution < -0.4 is 5.32 Å². The number of carbonyl (C=O) groups excluding carboxylic acids is 7. The molecule has 4 fully saturated rings. The van der Waals surface area contributed by atoms with Crippen LogP contribution in [0.2, 0.25) is 0 Å². The van der Waals surface area contributed by atoms with E-state index >= 15 is 4.79 Å². The van der Waals surface area contributed by atoms with E-state index in [0.717, 1.165) is 6.92 Å². The van der Waals surface area contributed by atoms with Crippen molar-refractivity contribution in [1.82, 2.24) is 5.32 Å². The van der Waals surface area contributed by atoms with Crippen molar-refractivity contribution in [3.8, 4) is 0 Å². The summed E-state index contributed by atoms with van der Waals surface area (Å²) in [6, 6.07) is 6.61. The number of nitrogens with one attached hydrogen (secondary N) is 1. The molecule has 6 rings (SSSR count). The Morgan fingerprint density at radius 1 is 0.984 bits per heavy atom.